The number of hydrogen-bond donors (Lipinski definition) is 0. The van der Waals surface area contributed by atoms with E-state index in [1.807, 2.05) is 12.1 Å². The minimum Gasteiger partial charge on any atom is -0.334 e. The smallest absolute Gasteiger partial charge is 0.270 e. The second-order valence-electron chi connectivity index (χ2n) is 7.86. The van der Waals surface area contributed by atoms with E-state index in [4.69, 9.17) is 0 Å². The molecule has 0 radical (unpaired) electrons. The van der Waals surface area contributed by atoms with Crippen LogP contribution in [0.25, 0.3) is 0 Å². The molecule has 8 heteroatoms. The van der Waals surface area contributed by atoms with Crippen LogP contribution in [0.15, 0.2) is 29.4 Å². The molecular weight excluding hydrogens is 378 g/mol. The number of carbonyl (C=O) groups excluding carboxylic acids is 2. The quantitative estimate of drug-likeness (QED) is 0.768. The minimum atomic E-state index is -3.13. The van der Waals surface area contributed by atoms with Gasteiger partial charge in [0.25, 0.3) is 5.91 Å². The van der Waals surface area contributed by atoms with E-state index < -0.39 is 15.9 Å². The molecule has 2 atom stereocenters. The Labute approximate surface area is 165 Å². The standard InChI is InChI=1S/C20H25N3O4S/c1-22(18-8-4-6-14-5-2-3-7-16(14)18)20(25)17-9-10-19(24)23(21-17)15-11-12-28(26,27)13-15/h2-3,5,7,15,18H,4,6,8-13H2,1H3. The molecule has 0 aromatic heterocycles. The van der Waals surface area contributed by atoms with Crippen LogP contribution in [0.4, 0.5) is 0 Å². The van der Waals surface area contributed by atoms with Crippen LogP contribution in [-0.4, -0.2) is 60.4 Å². The largest absolute Gasteiger partial charge is 0.334 e. The van der Waals surface area contributed by atoms with E-state index in [2.05, 4.69) is 17.2 Å². The molecule has 2 aliphatic heterocycles. The first-order valence-corrected chi connectivity index (χ1v) is 11.6. The Morgan fingerprint density at radius 3 is 2.71 bits per heavy atom. The molecule has 150 valence electrons. The van der Waals surface area contributed by atoms with Crippen molar-refractivity contribution in [2.75, 3.05) is 18.6 Å². The topological polar surface area (TPSA) is 87.1 Å². The average Bonchev–Trinajstić information content (AvgIpc) is 3.06. The first kappa shape index (κ1) is 19.1. The monoisotopic (exact) mass is 403 g/mol. The maximum absolute atomic E-state index is 13.1. The van der Waals surface area contributed by atoms with Gasteiger partial charge in [-0.15, -0.1) is 0 Å². The molecule has 2 amide bonds. The van der Waals surface area contributed by atoms with Crippen molar-refractivity contribution in [3.63, 3.8) is 0 Å². The highest BCUT2D eigenvalue weighted by atomic mass is 32.2. The van der Waals surface area contributed by atoms with E-state index in [0.717, 1.165) is 19.3 Å². The number of nitrogens with zero attached hydrogens (tertiary/aromatic N) is 3. The number of benzene rings is 1. The number of sulfone groups is 1. The highest BCUT2D eigenvalue weighted by molar-refractivity contribution is 7.91. The van der Waals surface area contributed by atoms with Crippen LogP contribution in [0.2, 0.25) is 0 Å². The zero-order chi connectivity index (χ0) is 19.9. The third-order valence-electron chi connectivity index (χ3n) is 5.99. The van der Waals surface area contributed by atoms with Crippen LogP contribution in [0.3, 0.4) is 0 Å². The number of hydrogen-bond acceptors (Lipinski definition) is 5. The average molecular weight is 404 g/mol. The zero-order valence-electron chi connectivity index (χ0n) is 16.0. The number of fused-ring (bicyclic) bond motifs is 1. The molecular formula is C20H25N3O4S. The molecule has 1 aromatic rings. The second kappa shape index (κ2) is 7.31. The van der Waals surface area contributed by atoms with Crippen molar-refractivity contribution < 1.29 is 18.0 Å². The maximum atomic E-state index is 13.1. The Morgan fingerprint density at radius 2 is 1.96 bits per heavy atom. The number of aryl methyl sites for hydroxylation is 1. The highest BCUT2D eigenvalue weighted by Crippen LogP contribution is 2.34. The Balaban J connectivity index is 1.56. The van der Waals surface area contributed by atoms with Crippen LogP contribution in [0.1, 0.15) is 49.3 Å². The zero-order valence-corrected chi connectivity index (χ0v) is 16.8. The fraction of sp³-hybridized carbons (Fsp3) is 0.550. The van der Waals surface area contributed by atoms with Crippen molar-refractivity contribution in [1.29, 1.82) is 0 Å². The van der Waals surface area contributed by atoms with Crippen molar-refractivity contribution in [3.8, 4) is 0 Å². The summed E-state index contributed by atoms with van der Waals surface area (Å²) in [5, 5.41) is 5.58. The molecule has 7 nitrogen and oxygen atoms in total. The van der Waals surface area contributed by atoms with Crippen molar-refractivity contribution in [1.82, 2.24) is 9.91 Å². The summed E-state index contributed by atoms with van der Waals surface area (Å²) in [6.07, 6.45) is 3.81. The Morgan fingerprint density at radius 1 is 1.18 bits per heavy atom. The van der Waals surface area contributed by atoms with Gasteiger partial charge in [-0.25, -0.2) is 13.4 Å². The molecule has 3 aliphatic rings. The van der Waals surface area contributed by atoms with Gasteiger partial charge in [-0.2, -0.15) is 5.10 Å². The van der Waals surface area contributed by atoms with Crippen molar-refractivity contribution in [2.24, 2.45) is 5.10 Å². The Kier molecular flexibility index (Phi) is 4.99. The lowest BCUT2D eigenvalue weighted by molar-refractivity contribution is -0.134. The van der Waals surface area contributed by atoms with E-state index in [1.165, 1.54) is 16.1 Å². The number of amides is 2. The molecule has 1 aromatic carbocycles. The summed E-state index contributed by atoms with van der Waals surface area (Å²) < 4.78 is 23.6. The lowest BCUT2D eigenvalue weighted by Crippen LogP contribution is -2.45. The fourth-order valence-electron chi connectivity index (χ4n) is 4.45. The van der Waals surface area contributed by atoms with Crippen LogP contribution in [0.5, 0.6) is 0 Å². The van der Waals surface area contributed by atoms with Gasteiger partial charge in [-0.3, -0.25) is 9.59 Å². The lowest BCUT2D eigenvalue weighted by atomic mass is 9.87. The lowest BCUT2D eigenvalue weighted by Gasteiger charge is -2.35. The SMILES string of the molecule is CN(C(=O)C1=NN(C2CCS(=O)(=O)C2)C(=O)CC1)C1CCCc2ccccc21. The van der Waals surface area contributed by atoms with Gasteiger partial charge in [-0.1, -0.05) is 24.3 Å². The normalized spacial score (nSPS) is 26.5. The highest BCUT2D eigenvalue weighted by Gasteiger charge is 2.38. The van der Waals surface area contributed by atoms with Crippen LogP contribution in [0, 0.1) is 0 Å². The molecule has 0 bridgehead atoms. The van der Waals surface area contributed by atoms with E-state index in [9.17, 15) is 18.0 Å². The Bertz CT molecular complexity index is 941. The first-order chi connectivity index (χ1) is 13.4. The predicted octanol–water partition coefficient (Wildman–Crippen LogP) is 1.69. The summed E-state index contributed by atoms with van der Waals surface area (Å²) >= 11 is 0. The summed E-state index contributed by atoms with van der Waals surface area (Å²) in [5.74, 6) is -0.390. The third-order valence-corrected chi connectivity index (χ3v) is 7.74. The molecule has 1 aliphatic carbocycles. The molecule has 0 spiro atoms. The minimum absolute atomic E-state index is 0.00177. The molecule has 2 unspecified atom stereocenters. The molecule has 28 heavy (non-hydrogen) atoms. The van der Waals surface area contributed by atoms with Gasteiger partial charge < -0.3 is 4.90 Å². The van der Waals surface area contributed by atoms with E-state index in [-0.39, 0.29) is 35.8 Å². The number of rotatable bonds is 3. The summed E-state index contributed by atoms with van der Waals surface area (Å²) in [7, 11) is -1.34. The molecule has 1 saturated heterocycles. The fourth-order valence-corrected chi connectivity index (χ4v) is 6.15. The molecule has 0 N–H and O–H groups in total. The van der Waals surface area contributed by atoms with Gasteiger partial charge in [0.15, 0.2) is 9.84 Å². The molecule has 2 heterocycles. The molecule has 0 saturated carbocycles. The third kappa shape index (κ3) is 3.57. The van der Waals surface area contributed by atoms with Gasteiger partial charge >= 0.3 is 0 Å². The van der Waals surface area contributed by atoms with Gasteiger partial charge in [0.05, 0.1) is 23.6 Å². The van der Waals surface area contributed by atoms with Gasteiger partial charge in [-0.05, 0) is 36.8 Å². The summed E-state index contributed by atoms with van der Waals surface area (Å²) in [6.45, 7) is 0. The van der Waals surface area contributed by atoms with Crippen molar-refractivity contribution in [2.45, 2.75) is 50.6 Å². The van der Waals surface area contributed by atoms with E-state index in [1.54, 1.807) is 11.9 Å². The summed E-state index contributed by atoms with van der Waals surface area (Å²) in [4.78, 5) is 27.2. The van der Waals surface area contributed by atoms with Gasteiger partial charge in [0.1, 0.15) is 5.71 Å². The van der Waals surface area contributed by atoms with E-state index >= 15 is 0 Å². The van der Waals surface area contributed by atoms with Crippen LogP contribution < -0.4 is 0 Å². The Hall–Kier alpha value is -2.22. The van der Waals surface area contributed by atoms with Crippen LogP contribution in [-0.2, 0) is 25.8 Å². The molecule has 1 fully saturated rings. The van der Waals surface area contributed by atoms with Crippen molar-refractivity contribution in [3.05, 3.63) is 35.4 Å². The molecule has 4 rings (SSSR count). The second-order valence-corrected chi connectivity index (χ2v) is 10.1. The predicted molar refractivity (Wildman–Crippen MR) is 105 cm³/mol. The van der Waals surface area contributed by atoms with Gasteiger partial charge in [0, 0.05) is 19.9 Å². The number of carbonyl (C=O) groups is 2. The maximum Gasteiger partial charge on any atom is 0.270 e. The first-order valence-electron chi connectivity index (χ1n) is 9.80. The van der Waals surface area contributed by atoms with Crippen molar-refractivity contribution >= 4 is 27.4 Å². The number of hydrazone groups is 1. The van der Waals surface area contributed by atoms with Crippen LogP contribution >= 0.6 is 0 Å². The summed E-state index contributed by atoms with van der Waals surface area (Å²) in [5.41, 5.74) is 2.79. The van der Waals surface area contributed by atoms with Gasteiger partial charge in [0.2, 0.25) is 5.91 Å². The van der Waals surface area contributed by atoms with E-state index in [0.29, 0.717) is 18.6 Å². The summed E-state index contributed by atoms with van der Waals surface area (Å²) in [6, 6.07) is 7.74.